The Bertz CT molecular complexity index is 320. The van der Waals surface area contributed by atoms with Crippen LogP contribution in [-0.2, 0) is 4.79 Å². The van der Waals surface area contributed by atoms with Gasteiger partial charge in [0.1, 0.15) is 0 Å². The van der Waals surface area contributed by atoms with Gasteiger partial charge < -0.3 is 15.3 Å². The zero-order chi connectivity index (χ0) is 14.4. The first-order valence-electron chi connectivity index (χ1n) is 7.21. The largest absolute Gasteiger partial charge is 0.481 e. The summed E-state index contributed by atoms with van der Waals surface area (Å²) in [5, 5.41) is 11.8. The molecule has 0 aliphatic carbocycles. The van der Waals surface area contributed by atoms with Crippen LogP contribution in [0.25, 0.3) is 0 Å². The van der Waals surface area contributed by atoms with E-state index in [4.69, 9.17) is 5.11 Å². The molecule has 19 heavy (non-hydrogen) atoms. The zero-order valence-electron chi connectivity index (χ0n) is 12.2. The first-order valence-corrected chi connectivity index (χ1v) is 7.21. The van der Waals surface area contributed by atoms with E-state index in [0.717, 1.165) is 25.8 Å². The van der Waals surface area contributed by atoms with Crippen molar-refractivity contribution in [3.05, 3.63) is 0 Å². The van der Waals surface area contributed by atoms with Crippen LogP contribution in [0.4, 0.5) is 4.79 Å². The van der Waals surface area contributed by atoms with Gasteiger partial charge >= 0.3 is 12.0 Å². The molecule has 1 heterocycles. The fourth-order valence-corrected chi connectivity index (χ4v) is 2.51. The summed E-state index contributed by atoms with van der Waals surface area (Å²) in [6.45, 7) is 7.45. The summed E-state index contributed by atoms with van der Waals surface area (Å²) in [5.74, 6) is -0.335. The second-order valence-corrected chi connectivity index (χ2v) is 5.68. The van der Waals surface area contributed by atoms with Gasteiger partial charge in [-0.1, -0.05) is 13.8 Å². The third-order valence-electron chi connectivity index (χ3n) is 4.03. The van der Waals surface area contributed by atoms with Gasteiger partial charge in [0.05, 0.1) is 0 Å². The number of hydrogen-bond donors (Lipinski definition) is 2. The van der Waals surface area contributed by atoms with Gasteiger partial charge in [0.2, 0.25) is 0 Å². The van der Waals surface area contributed by atoms with E-state index in [9.17, 15) is 9.59 Å². The van der Waals surface area contributed by atoms with Gasteiger partial charge in [0.15, 0.2) is 0 Å². The highest BCUT2D eigenvalue weighted by Crippen LogP contribution is 2.26. The normalized spacial score (nSPS) is 22.7. The molecule has 0 aromatic rings. The maximum Gasteiger partial charge on any atom is 0.317 e. The number of piperidine rings is 1. The summed E-state index contributed by atoms with van der Waals surface area (Å²) in [7, 11) is 0. The van der Waals surface area contributed by atoms with Crippen molar-refractivity contribution < 1.29 is 14.7 Å². The van der Waals surface area contributed by atoms with Crippen LogP contribution in [0.15, 0.2) is 0 Å². The van der Waals surface area contributed by atoms with E-state index in [-0.39, 0.29) is 24.4 Å². The number of hydrogen-bond acceptors (Lipinski definition) is 2. The first-order chi connectivity index (χ1) is 8.93. The summed E-state index contributed by atoms with van der Waals surface area (Å²) >= 11 is 0. The summed E-state index contributed by atoms with van der Waals surface area (Å²) in [4.78, 5) is 24.6. The van der Waals surface area contributed by atoms with Crippen molar-refractivity contribution in [1.82, 2.24) is 10.2 Å². The van der Waals surface area contributed by atoms with Crippen LogP contribution in [-0.4, -0.2) is 41.1 Å². The number of carboxylic acids is 1. The Morgan fingerprint density at radius 2 is 2.11 bits per heavy atom. The topological polar surface area (TPSA) is 69.6 Å². The van der Waals surface area contributed by atoms with Crippen LogP contribution in [0.2, 0.25) is 0 Å². The highest BCUT2D eigenvalue weighted by molar-refractivity contribution is 5.74. The Kier molecular flexibility index (Phi) is 6.12. The van der Waals surface area contributed by atoms with Crippen molar-refractivity contribution in [2.75, 3.05) is 13.1 Å². The number of carbonyl (C=O) groups is 2. The molecular formula is C14H26N2O3. The van der Waals surface area contributed by atoms with Crippen LogP contribution < -0.4 is 5.32 Å². The van der Waals surface area contributed by atoms with Crippen molar-refractivity contribution in [2.45, 2.75) is 52.5 Å². The minimum atomic E-state index is -0.756. The highest BCUT2D eigenvalue weighted by Gasteiger charge is 2.28. The lowest BCUT2D eigenvalue weighted by Crippen LogP contribution is -2.48. The zero-order valence-corrected chi connectivity index (χ0v) is 12.2. The quantitative estimate of drug-likeness (QED) is 0.805. The van der Waals surface area contributed by atoms with E-state index in [2.05, 4.69) is 5.32 Å². The summed E-state index contributed by atoms with van der Waals surface area (Å²) in [5.41, 5.74) is 0. The molecule has 1 fully saturated rings. The number of rotatable bonds is 5. The maximum absolute atomic E-state index is 12.1. The molecule has 1 aliphatic rings. The highest BCUT2D eigenvalue weighted by atomic mass is 16.4. The van der Waals surface area contributed by atoms with Crippen molar-refractivity contribution in [3.8, 4) is 0 Å². The molecule has 1 saturated heterocycles. The molecule has 3 unspecified atom stereocenters. The lowest BCUT2D eigenvalue weighted by Gasteiger charge is -2.36. The number of carbonyl (C=O) groups excluding carboxylic acids is 1. The van der Waals surface area contributed by atoms with Crippen LogP contribution in [0.5, 0.6) is 0 Å². The van der Waals surface area contributed by atoms with E-state index in [1.165, 1.54) is 0 Å². The molecule has 5 nitrogen and oxygen atoms in total. The lowest BCUT2D eigenvalue weighted by atomic mass is 9.85. The van der Waals surface area contributed by atoms with E-state index >= 15 is 0 Å². The molecule has 1 aliphatic heterocycles. The molecule has 0 radical (unpaired) electrons. The average Bonchev–Trinajstić information content (AvgIpc) is 2.37. The standard InChI is InChI=1S/C14H26N2O3/c1-4-11(3)15-14(19)16-7-5-6-12(9-16)10(2)8-13(17)18/h10-12H,4-9H2,1-3H3,(H,15,19)(H,17,18). The first kappa shape index (κ1) is 15.8. The molecule has 3 atom stereocenters. The Balaban J connectivity index is 2.49. The van der Waals surface area contributed by atoms with E-state index < -0.39 is 5.97 Å². The Labute approximate surface area is 115 Å². The predicted octanol–water partition coefficient (Wildman–Crippen LogP) is 2.32. The van der Waals surface area contributed by atoms with Crippen molar-refractivity contribution in [3.63, 3.8) is 0 Å². The van der Waals surface area contributed by atoms with E-state index in [1.54, 1.807) is 0 Å². The number of nitrogens with zero attached hydrogens (tertiary/aromatic N) is 1. The smallest absolute Gasteiger partial charge is 0.317 e. The Morgan fingerprint density at radius 3 is 2.68 bits per heavy atom. The molecule has 0 aromatic carbocycles. The molecule has 2 N–H and O–H groups in total. The monoisotopic (exact) mass is 270 g/mol. The average molecular weight is 270 g/mol. The molecule has 5 heteroatoms. The number of nitrogens with one attached hydrogen (secondary N) is 1. The number of urea groups is 1. The van der Waals surface area contributed by atoms with Gasteiger partial charge in [-0.2, -0.15) is 0 Å². The molecule has 1 rings (SSSR count). The number of carboxylic acid groups (broad SMARTS) is 1. The summed E-state index contributed by atoms with van der Waals surface area (Å²) in [6, 6.07) is 0.172. The molecular weight excluding hydrogens is 244 g/mol. The SMILES string of the molecule is CCC(C)NC(=O)N1CCCC(C(C)CC(=O)O)C1. The van der Waals surface area contributed by atoms with Crippen molar-refractivity contribution in [2.24, 2.45) is 11.8 Å². The molecule has 0 bridgehead atoms. The van der Waals surface area contributed by atoms with Gasteiger partial charge in [-0.05, 0) is 38.0 Å². The van der Waals surface area contributed by atoms with Gasteiger partial charge in [0.25, 0.3) is 0 Å². The summed E-state index contributed by atoms with van der Waals surface area (Å²) in [6.07, 6.45) is 3.08. The molecule has 0 aromatic heterocycles. The third-order valence-corrected chi connectivity index (χ3v) is 4.03. The second kappa shape index (κ2) is 7.36. The van der Waals surface area contributed by atoms with Gasteiger partial charge in [0, 0.05) is 25.6 Å². The van der Waals surface area contributed by atoms with Gasteiger partial charge in [-0.15, -0.1) is 0 Å². The molecule has 110 valence electrons. The predicted molar refractivity (Wildman–Crippen MR) is 74.0 cm³/mol. The van der Waals surface area contributed by atoms with Crippen molar-refractivity contribution in [1.29, 1.82) is 0 Å². The molecule has 2 amide bonds. The molecule has 0 saturated carbocycles. The maximum atomic E-state index is 12.1. The van der Waals surface area contributed by atoms with E-state index in [0.29, 0.717) is 12.5 Å². The van der Waals surface area contributed by atoms with E-state index in [1.807, 2.05) is 25.7 Å². The number of likely N-dealkylation sites (tertiary alicyclic amines) is 1. The van der Waals surface area contributed by atoms with Crippen LogP contribution >= 0.6 is 0 Å². The lowest BCUT2D eigenvalue weighted by molar-refractivity contribution is -0.138. The Hall–Kier alpha value is -1.26. The third kappa shape index (κ3) is 5.09. The van der Waals surface area contributed by atoms with Crippen LogP contribution in [0, 0.1) is 11.8 Å². The number of aliphatic carboxylic acids is 1. The fourth-order valence-electron chi connectivity index (χ4n) is 2.51. The minimum absolute atomic E-state index is 0.0124. The second-order valence-electron chi connectivity index (χ2n) is 5.68. The number of amides is 2. The molecule has 0 spiro atoms. The van der Waals surface area contributed by atoms with Crippen LogP contribution in [0.3, 0.4) is 0 Å². The Morgan fingerprint density at radius 1 is 1.42 bits per heavy atom. The van der Waals surface area contributed by atoms with Crippen LogP contribution in [0.1, 0.15) is 46.5 Å². The van der Waals surface area contributed by atoms with Gasteiger partial charge in [-0.3, -0.25) is 4.79 Å². The van der Waals surface area contributed by atoms with Gasteiger partial charge in [-0.25, -0.2) is 4.79 Å². The minimum Gasteiger partial charge on any atom is -0.481 e. The fraction of sp³-hybridized carbons (Fsp3) is 0.857. The van der Waals surface area contributed by atoms with Crippen molar-refractivity contribution >= 4 is 12.0 Å². The summed E-state index contributed by atoms with van der Waals surface area (Å²) < 4.78 is 0.